The number of carbonyl (C=O) groups is 1. The van der Waals surface area contributed by atoms with E-state index in [2.05, 4.69) is 17.6 Å². The van der Waals surface area contributed by atoms with Crippen molar-refractivity contribution >= 4 is 16.7 Å². The lowest BCUT2D eigenvalue weighted by atomic mass is 10.2. The third kappa shape index (κ3) is 9.67. The fraction of sp³-hybridized carbons (Fsp3) is 0.889. The first-order chi connectivity index (χ1) is 6.52. The van der Waals surface area contributed by atoms with Crippen LogP contribution in [0.4, 0.5) is 0 Å². The maximum absolute atomic E-state index is 10.8. The van der Waals surface area contributed by atoms with Crippen LogP contribution in [0.15, 0.2) is 0 Å². The molecule has 14 heavy (non-hydrogen) atoms. The molecule has 2 N–H and O–H groups in total. The molecule has 2 atom stereocenters. The first kappa shape index (κ1) is 13.6. The first-order valence-corrected chi connectivity index (χ1v) is 6.53. The molecule has 0 saturated heterocycles. The largest absolute Gasteiger partial charge is 0.355 e. The van der Waals surface area contributed by atoms with Crippen LogP contribution in [0.25, 0.3) is 0 Å². The summed E-state index contributed by atoms with van der Waals surface area (Å²) >= 11 is 0. The Morgan fingerprint density at radius 1 is 1.43 bits per heavy atom. The van der Waals surface area contributed by atoms with Crippen LogP contribution in [-0.4, -0.2) is 41.3 Å². The number of amides is 1. The van der Waals surface area contributed by atoms with Crippen LogP contribution < -0.4 is 10.6 Å². The van der Waals surface area contributed by atoms with Crippen molar-refractivity contribution in [3.8, 4) is 0 Å². The van der Waals surface area contributed by atoms with Gasteiger partial charge in [-0.15, -0.1) is 0 Å². The van der Waals surface area contributed by atoms with E-state index in [4.69, 9.17) is 0 Å². The molecule has 0 aliphatic carbocycles. The molecule has 0 aromatic heterocycles. The Morgan fingerprint density at radius 3 is 2.57 bits per heavy atom. The molecule has 0 bridgehead atoms. The van der Waals surface area contributed by atoms with E-state index in [1.54, 1.807) is 6.26 Å². The zero-order chi connectivity index (χ0) is 11.0. The summed E-state index contributed by atoms with van der Waals surface area (Å²) in [6.45, 7) is 4.97. The Labute approximate surface area is 88.3 Å². The molecule has 0 spiro atoms. The van der Waals surface area contributed by atoms with Gasteiger partial charge in [-0.25, -0.2) is 0 Å². The van der Waals surface area contributed by atoms with Gasteiger partial charge in [0.05, 0.1) is 0 Å². The zero-order valence-corrected chi connectivity index (χ0v) is 9.95. The third-order valence-electron chi connectivity index (χ3n) is 1.83. The molecule has 84 valence electrons. The van der Waals surface area contributed by atoms with Crippen LogP contribution in [0.1, 0.15) is 20.3 Å². The summed E-state index contributed by atoms with van der Waals surface area (Å²) in [4.78, 5) is 10.5. The van der Waals surface area contributed by atoms with E-state index in [1.165, 1.54) is 6.92 Å². The van der Waals surface area contributed by atoms with Crippen molar-refractivity contribution in [3.63, 3.8) is 0 Å². The smallest absolute Gasteiger partial charge is 0.216 e. The summed E-state index contributed by atoms with van der Waals surface area (Å²) in [5.41, 5.74) is 0. The van der Waals surface area contributed by atoms with E-state index >= 15 is 0 Å². The summed E-state index contributed by atoms with van der Waals surface area (Å²) in [7, 11) is -0.711. The summed E-state index contributed by atoms with van der Waals surface area (Å²) in [5, 5.41) is 5.95. The van der Waals surface area contributed by atoms with Crippen molar-refractivity contribution in [2.45, 2.75) is 26.3 Å². The SMILES string of the molecule is CC(=O)NCCNC(C)CCS(C)=O. The molecule has 0 saturated carbocycles. The second-order valence-electron chi connectivity index (χ2n) is 3.40. The minimum Gasteiger partial charge on any atom is -0.355 e. The Hall–Kier alpha value is -0.420. The predicted molar refractivity (Wildman–Crippen MR) is 59.7 cm³/mol. The fourth-order valence-electron chi connectivity index (χ4n) is 1.00. The van der Waals surface area contributed by atoms with Gasteiger partial charge in [-0.2, -0.15) is 0 Å². The highest BCUT2D eigenvalue weighted by Gasteiger charge is 2.01. The Kier molecular flexibility index (Phi) is 7.70. The molecule has 1 amide bonds. The summed E-state index contributed by atoms with van der Waals surface area (Å²) in [5.74, 6) is 0.725. The molecule has 0 radical (unpaired) electrons. The van der Waals surface area contributed by atoms with Gasteiger partial charge in [0, 0.05) is 48.9 Å². The minimum absolute atomic E-state index is 0.00545. The number of hydrogen-bond acceptors (Lipinski definition) is 3. The van der Waals surface area contributed by atoms with Crippen LogP contribution in [-0.2, 0) is 15.6 Å². The van der Waals surface area contributed by atoms with E-state index < -0.39 is 10.8 Å². The molecule has 5 heteroatoms. The Balaban J connectivity index is 3.30. The Bertz CT molecular complexity index is 197. The van der Waals surface area contributed by atoms with Crippen molar-refractivity contribution in [2.75, 3.05) is 25.1 Å². The van der Waals surface area contributed by atoms with Gasteiger partial charge in [0.25, 0.3) is 0 Å². The normalized spacial score (nSPS) is 14.8. The highest BCUT2D eigenvalue weighted by molar-refractivity contribution is 7.84. The maximum atomic E-state index is 10.8. The van der Waals surface area contributed by atoms with Crippen LogP contribution in [0.5, 0.6) is 0 Å². The van der Waals surface area contributed by atoms with Crippen LogP contribution in [0, 0.1) is 0 Å². The highest BCUT2D eigenvalue weighted by atomic mass is 32.2. The van der Waals surface area contributed by atoms with Crippen LogP contribution >= 0.6 is 0 Å². The second-order valence-corrected chi connectivity index (χ2v) is 4.96. The molecular formula is C9H20N2O2S. The Morgan fingerprint density at radius 2 is 2.07 bits per heavy atom. The summed E-state index contributed by atoms with van der Waals surface area (Å²) in [6, 6.07) is 0.354. The molecule has 0 aromatic rings. The quantitative estimate of drug-likeness (QED) is 0.588. The van der Waals surface area contributed by atoms with Gasteiger partial charge in [0.2, 0.25) is 5.91 Å². The number of carbonyl (C=O) groups excluding carboxylic acids is 1. The third-order valence-corrected chi connectivity index (χ3v) is 2.64. The second kappa shape index (κ2) is 7.94. The van der Waals surface area contributed by atoms with Gasteiger partial charge in [-0.1, -0.05) is 0 Å². The molecule has 0 aromatic carbocycles. The van der Waals surface area contributed by atoms with E-state index in [-0.39, 0.29) is 5.91 Å². The lowest BCUT2D eigenvalue weighted by Crippen LogP contribution is -2.35. The van der Waals surface area contributed by atoms with Gasteiger partial charge in [-0.3, -0.25) is 9.00 Å². The molecule has 0 heterocycles. The number of hydrogen-bond donors (Lipinski definition) is 2. The first-order valence-electron chi connectivity index (χ1n) is 4.80. The highest BCUT2D eigenvalue weighted by Crippen LogP contribution is 1.91. The topological polar surface area (TPSA) is 58.2 Å². The van der Waals surface area contributed by atoms with Gasteiger partial charge in [0.15, 0.2) is 0 Å². The van der Waals surface area contributed by atoms with Crippen molar-refractivity contribution in [1.29, 1.82) is 0 Å². The standard InChI is InChI=1S/C9H20N2O2S/c1-8(4-7-14(3)13)10-5-6-11-9(2)12/h8,10H,4-7H2,1-3H3,(H,11,12). The van der Waals surface area contributed by atoms with Gasteiger partial charge < -0.3 is 10.6 Å². The van der Waals surface area contributed by atoms with Crippen LogP contribution in [0.2, 0.25) is 0 Å². The lowest BCUT2D eigenvalue weighted by molar-refractivity contribution is -0.118. The molecule has 0 fully saturated rings. The molecule has 0 aliphatic rings. The number of nitrogens with one attached hydrogen (secondary N) is 2. The van der Waals surface area contributed by atoms with Crippen molar-refractivity contribution in [1.82, 2.24) is 10.6 Å². The predicted octanol–water partition coefficient (Wildman–Crippen LogP) is -0.131. The summed E-state index contributed by atoms with van der Waals surface area (Å²) in [6.07, 6.45) is 2.62. The monoisotopic (exact) mass is 220 g/mol. The van der Waals surface area contributed by atoms with E-state index in [9.17, 15) is 9.00 Å². The lowest BCUT2D eigenvalue weighted by Gasteiger charge is -2.12. The van der Waals surface area contributed by atoms with Gasteiger partial charge in [-0.05, 0) is 13.3 Å². The molecule has 0 aliphatic heterocycles. The zero-order valence-electron chi connectivity index (χ0n) is 9.13. The van der Waals surface area contributed by atoms with E-state index in [0.717, 1.165) is 18.7 Å². The number of rotatable bonds is 7. The van der Waals surface area contributed by atoms with Crippen LogP contribution in [0.3, 0.4) is 0 Å². The van der Waals surface area contributed by atoms with Crippen molar-refractivity contribution < 1.29 is 9.00 Å². The summed E-state index contributed by atoms with van der Waals surface area (Å²) < 4.78 is 10.8. The maximum Gasteiger partial charge on any atom is 0.216 e. The molecule has 2 unspecified atom stereocenters. The van der Waals surface area contributed by atoms with Crippen molar-refractivity contribution in [3.05, 3.63) is 0 Å². The molecule has 4 nitrogen and oxygen atoms in total. The van der Waals surface area contributed by atoms with Crippen molar-refractivity contribution in [2.24, 2.45) is 0 Å². The van der Waals surface area contributed by atoms with Gasteiger partial charge in [0.1, 0.15) is 0 Å². The molecule has 0 rings (SSSR count). The fourth-order valence-corrected chi connectivity index (χ4v) is 1.69. The molecular weight excluding hydrogens is 200 g/mol. The van der Waals surface area contributed by atoms with E-state index in [0.29, 0.717) is 12.6 Å². The van der Waals surface area contributed by atoms with E-state index in [1.807, 2.05) is 0 Å². The minimum atomic E-state index is -0.711. The average Bonchev–Trinajstić information content (AvgIpc) is 2.08. The average molecular weight is 220 g/mol. The van der Waals surface area contributed by atoms with Gasteiger partial charge >= 0.3 is 0 Å².